The maximum absolute atomic E-state index is 12.1. The molecule has 134 valence electrons. The molecule has 5 nitrogen and oxygen atoms in total. The smallest absolute Gasteiger partial charge is 0.262 e. The summed E-state index contributed by atoms with van der Waals surface area (Å²) in [5.41, 5.74) is 0.999. The van der Waals surface area contributed by atoms with Crippen LogP contribution in [0.3, 0.4) is 0 Å². The van der Waals surface area contributed by atoms with Gasteiger partial charge in [-0.05, 0) is 31.4 Å². The van der Waals surface area contributed by atoms with Gasteiger partial charge in [0.05, 0.1) is 16.4 Å². The van der Waals surface area contributed by atoms with Gasteiger partial charge in [0.15, 0.2) is 12.4 Å². The zero-order valence-corrected chi connectivity index (χ0v) is 15.5. The Bertz CT molecular complexity index is 799. The van der Waals surface area contributed by atoms with Gasteiger partial charge in [0.1, 0.15) is 0 Å². The van der Waals surface area contributed by atoms with Crippen LogP contribution in [0.4, 0.5) is 5.69 Å². The summed E-state index contributed by atoms with van der Waals surface area (Å²) in [5.74, 6) is 0.398. The molecule has 1 aromatic heterocycles. The van der Waals surface area contributed by atoms with Crippen LogP contribution in [0.1, 0.15) is 26.0 Å². The van der Waals surface area contributed by atoms with E-state index in [4.69, 9.17) is 16.3 Å². The van der Waals surface area contributed by atoms with Gasteiger partial charge >= 0.3 is 0 Å². The predicted octanol–water partition coefficient (Wildman–Crippen LogP) is 3.87. The first-order chi connectivity index (χ1) is 11.9. The van der Waals surface area contributed by atoms with Crippen LogP contribution in [0.15, 0.2) is 41.3 Å². The number of para-hydroxylation sites is 1. The second kappa shape index (κ2) is 8.72. The van der Waals surface area contributed by atoms with Crippen molar-refractivity contribution in [1.29, 1.82) is 0 Å². The lowest BCUT2D eigenvalue weighted by Gasteiger charge is -2.15. The number of carbonyl (C=O) groups excluding carboxylic acids is 1. The SMILES string of the molecule is Cc1c(OCC(=O)Nc2ccccc2Cl)c(=O)ccn1CCC(C)C. The van der Waals surface area contributed by atoms with Gasteiger partial charge < -0.3 is 14.6 Å². The number of aryl methyl sites for hydroxylation is 1. The molecule has 25 heavy (non-hydrogen) atoms. The molecule has 0 aliphatic heterocycles. The van der Waals surface area contributed by atoms with E-state index in [2.05, 4.69) is 19.2 Å². The van der Waals surface area contributed by atoms with Crippen LogP contribution < -0.4 is 15.5 Å². The van der Waals surface area contributed by atoms with Gasteiger partial charge in [0.2, 0.25) is 5.43 Å². The Labute approximate surface area is 152 Å². The van der Waals surface area contributed by atoms with E-state index in [-0.39, 0.29) is 23.7 Å². The second-order valence-electron chi connectivity index (χ2n) is 6.29. The van der Waals surface area contributed by atoms with Crippen molar-refractivity contribution in [2.75, 3.05) is 11.9 Å². The number of anilines is 1. The van der Waals surface area contributed by atoms with E-state index in [0.717, 1.165) is 18.7 Å². The molecule has 0 fully saturated rings. The highest BCUT2D eigenvalue weighted by Gasteiger charge is 2.12. The molecule has 0 aliphatic rings. The topological polar surface area (TPSA) is 60.3 Å². The number of nitrogens with one attached hydrogen (secondary N) is 1. The molecule has 0 saturated carbocycles. The standard InChI is InChI=1S/C19H23ClN2O3/c1-13(2)8-10-22-11-9-17(23)19(14(22)3)25-12-18(24)21-16-7-5-4-6-15(16)20/h4-7,9,11,13H,8,10,12H2,1-3H3,(H,21,24). The minimum absolute atomic E-state index is 0.209. The highest BCUT2D eigenvalue weighted by atomic mass is 35.5. The van der Waals surface area contributed by atoms with Crippen LogP contribution in [0, 0.1) is 12.8 Å². The quantitative estimate of drug-likeness (QED) is 0.813. The molecule has 1 aromatic carbocycles. The lowest BCUT2D eigenvalue weighted by molar-refractivity contribution is -0.118. The summed E-state index contributed by atoms with van der Waals surface area (Å²) in [5, 5.41) is 3.12. The van der Waals surface area contributed by atoms with Crippen molar-refractivity contribution in [3.63, 3.8) is 0 Å². The number of ether oxygens (including phenoxy) is 1. The zero-order chi connectivity index (χ0) is 18.4. The lowest BCUT2D eigenvalue weighted by Crippen LogP contribution is -2.24. The summed E-state index contributed by atoms with van der Waals surface area (Å²) in [6, 6.07) is 8.41. The van der Waals surface area contributed by atoms with Gasteiger partial charge in [0, 0.05) is 18.8 Å². The summed E-state index contributed by atoms with van der Waals surface area (Å²) < 4.78 is 7.48. The van der Waals surface area contributed by atoms with Gasteiger partial charge in [-0.2, -0.15) is 0 Å². The van der Waals surface area contributed by atoms with Crippen LogP contribution in [0.25, 0.3) is 0 Å². The fourth-order valence-electron chi connectivity index (χ4n) is 2.36. The molecule has 1 N–H and O–H groups in total. The first-order valence-corrected chi connectivity index (χ1v) is 8.63. The Balaban J connectivity index is 2.04. The number of hydrogen-bond donors (Lipinski definition) is 1. The average Bonchev–Trinajstić information content (AvgIpc) is 2.56. The van der Waals surface area contributed by atoms with Gasteiger partial charge in [-0.1, -0.05) is 37.6 Å². The molecule has 2 rings (SSSR count). The monoisotopic (exact) mass is 362 g/mol. The Kier molecular flexibility index (Phi) is 6.65. The van der Waals surface area contributed by atoms with Crippen LogP contribution in [0.2, 0.25) is 5.02 Å². The Morgan fingerprint density at radius 2 is 2.00 bits per heavy atom. The molecule has 0 bridgehead atoms. The highest BCUT2D eigenvalue weighted by molar-refractivity contribution is 6.33. The Morgan fingerprint density at radius 3 is 2.68 bits per heavy atom. The molecule has 0 atom stereocenters. The average molecular weight is 363 g/mol. The third kappa shape index (κ3) is 5.36. The van der Waals surface area contributed by atoms with E-state index in [1.54, 1.807) is 30.5 Å². The highest BCUT2D eigenvalue weighted by Crippen LogP contribution is 2.20. The fourth-order valence-corrected chi connectivity index (χ4v) is 2.54. The zero-order valence-electron chi connectivity index (χ0n) is 14.7. The summed E-state index contributed by atoms with van der Waals surface area (Å²) in [7, 11) is 0. The third-order valence-electron chi connectivity index (χ3n) is 3.83. The van der Waals surface area contributed by atoms with E-state index in [1.165, 1.54) is 6.07 Å². The third-order valence-corrected chi connectivity index (χ3v) is 4.16. The molecule has 0 spiro atoms. The van der Waals surface area contributed by atoms with E-state index < -0.39 is 0 Å². The molecule has 0 saturated heterocycles. The second-order valence-corrected chi connectivity index (χ2v) is 6.69. The summed E-state index contributed by atoms with van der Waals surface area (Å²) >= 11 is 6.01. The molecule has 2 aromatic rings. The summed E-state index contributed by atoms with van der Waals surface area (Å²) in [6.07, 6.45) is 2.76. The number of halogens is 1. The minimum Gasteiger partial charge on any atom is -0.478 e. The minimum atomic E-state index is -0.371. The molecule has 6 heteroatoms. The molecule has 1 amide bonds. The number of aromatic nitrogens is 1. The van der Waals surface area contributed by atoms with Crippen LogP contribution in [0.5, 0.6) is 5.75 Å². The number of pyridine rings is 1. The predicted molar refractivity (Wildman–Crippen MR) is 100 cm³/mol. The maximum Gasteiger partial charge on any atom is 0.262 e. The van der Waals surface area contributed by atoms with Gasteiger partial charge in [-0.3, -0.25) is 9.59 Å². The number of hydrogen-bond acceptors (Lipinski definition) is 3. The number of rotatable bonds is 7. The molecule has 0 radical (unpaired) electrons. The van der Waals surface area contributed by atoms with Crippen LogP contribution in [-0.2, 0) is 11.3 Å². The molecule has 0 aliphatic carbocycles. The number of amides is 1. The largest absolute Gasteiger partial charge is 0.478 e. The van der Waals surface area contributed by atoms with Crippen molar-refractivity contribution in [1.82, 2.24) is 4.57 Å². The van der Waals surface area contributed by atoms with E-state index in [9.17, 15) is 9.59 Å². The summed E-state index contributed by atoms with van der Waals surface area (Å²) in [6.45, 7) is 6.66. The van der Waals surface area contributed by atoms with Crippen LogP contribution in [-0.4, -0.2) is 17.1 Å². The van der Waals surface area contributed by atoms with Crippen molar-refractivity contribution >= 4 is 23.2 Å². The van der Waals surface area contributed by atoms with Crippen molar-refractivity contribution in [3.8, 4) is 5.75 Å². The summed E-state index contributed by atoms with van der Waals surface area (Å²) in [4.78, 5) is 24.1. The fraction of sp³-hybridized carbons (Fsp3) is 0.368. The molecule has 0 unspecified atom stereocenters. The number of benzene rings is 1. The van der Waals surface area contributed by atoms with E-state index in [1.807, 2.05) is 11.5 Å². The van der Waals surface area contributed by atoms with Crippen molar-refractivity contribution in [3.05, 3.63) is 57.5 Å². The molecule has 1 heterocycles. The first kappa shape index (κ1) is 19.1. The Hall–Kier alpha value is -2.27. The van der Waals surface area contributed by atoms with Gasteiger partial charge in [-0.15, -0.1) is 0 Å². The van der Waals surface area contributed by atoms with E-state index >= 15 is 0 Å². The maximum atomic E-state index is 12.1. The number of carbonyl (C=O) groups is 1. The number of nitrogens with zero attached hydrogens (tertiary/aromatic N) is 1. The van der Waals surface area contributed by atoms with Gasteiger partial charge in [-0.25, -0.2) is 0 Å². The normalized spacial score (nSPS) is 10.8. The van der Waals surface area contributed by atoms with Crippen LogP contribution >= 0.6 is 11.6 Å². The van der Waals surface area contributed by atoms with Gasteiger partial charge in [0.25, 0.3) is 5.91 Å². The lowest BCUT2D eigenvalue weighted by atomic mass is 10.1. The molecular weight excluding hydrogens is 340 g/mol. The van der Waals surface area contributed by atoms with Crippen molar-refractivity contribution in [2.45, 2.75) is 33.7 Å². The van der Waals surface area contributed by atoms with Crippen molar-refractivity contribution < 1.29 is 9.53 Å². The van der Waals surface area contributed by atoms with Crippen molar-refractivity contribution in [2.24, 2.45) is 5.92 Å². The van der Waals surface area contributed by atoms with E-state index in [0.29, 0.717) is 16.6 Å². The molecular formula is C19H23ClN2O3. The Morgan fingerprint density at radius 1 is 1.28 bits per heavy atom. The first-order valence-electron chi connectivity index (χ1n) is 8.25.